The molecule has 1 heterocycles. The third-order valence-corrected chi connectivity index (χ3v) is 2.88. The van der Waals surface area contributed by atoms with Crippen molar-refractivity contribution in [3.05, 3.63) is 23.9 Å². The van der Waals surface area contributed by atoms with Gasteiger partial charge in [0.15, 0.2) is 0 Å². The van der Waals surface area contributed by atoms with Crippen LogP contribution < -0.4 is 4.90 Å². The van der Waals surface area contributed by atoms with E-state index in [0.29, 0.717) is 0 Å². The van der Waals surface area contributed by atoms with E-state index in [1.54, 1.807) is 0 Å². The van der Waals surface area contributed by atoms with Crippen molar-refractivity contribution in [1.82, 2.24) is 4.98 Å². The smallest absolute Gasteiger partial charge is 0.128 e. The molecule has 90 valence electrons. The fraction of sp³-hybridized carbons (Fsp3) is 0.583. The lowest BCUT2D eigenvalue weighted by Gasteiger charge is -2.19. The van der Waals surface area contributed by atoms with Gasteiger partial charge in [-0.3, -0.25) is 0 Å². The number of pyridine rings is 1. The van der Waals surface area contributed by atoms with Crippen LogP contribution in [0, 0.1) is 0 Å². The van der Waals surface area contributed by atoms with Gasteiger partial charge in [0.25, 0.3) is 0 Å². The summed E-state index contributed by atoms with van der Waals surface area (Å²) in [4.78, 5) is 6.49. The van der Waals surface area contributed by atoms with Gasteiger partial charge in [0.2, 0.25) is 0 Å². The molecule has 0 N–H and O–H groups in total. The highest BCUT2D eigenvalue weighted by atomic mass is 79.9. The van der Waals surface area contributed by atoms with Crippen molar-refractivity contribution in [2.24, 2.45) is 0 Å². The summed E-state index contributed by atoms with van der Waals surface area (Å²) >= 11 is 3.40. The zero-order valence-corrected chi connectivity index (χ0v) is 11.7. The number of ether oxygens (including phenoxy) is 1. The lowest BCUT2D eigenvalue weighted by atomic mass is 10.3. The van der Waals surface area contributed by atoms with Crippen LogP contribution in [-0.4, -0.2) is 31.3 Å². The summed E-state index contributed by atoms with van der Waals surface area (Å²) in [5, 5.41) is 0.848. The van der Waals surface area contributed by atoms with Crippen molar-refractivity contribution < 1.29 is 4.74 Å². The van der Waals surface area contributed by atoms with Crippen LogP contribution in [0.3, 0.4) is 0 Å². The summed E-state index contributed by atoms with van der Waals surface area (Å²) in [7, 11) is 2.03. The maximum absolute atomic E-state index is 5.50. The van der Waals surface area contributed by atoms with Gasteiger partial charge in [0, 0.05) is 25.1 Å². The number of aromatic nitrogens is 1. The molecule has 3 nitrogen and oxygen atoms in total. The van der Waals surface area contributed by atoms with E-state index < -0.39 is 0 Å². The van der Waals surface area contributed by atoms with E-state index in [4.69, 9.17) is 4.74 Å². The molecule has 0 aliphatic heterocycles. The fourth-order valence-electron chi connectivity index (χ4n) is 1.26. The second-order valence-electron chi connectivity index (χ2n) is 4.00. The molecule has 0 fully saturated rings. The molecule has 0 aliphatic rings. The molecule has 1 aromatic heterocycles. The Bertz CT molecular complexity index is 300. The molecule has 0 radical (unpaired) electrons. The lowest BCUT2D eigenvalue weighted by Crippen LogP contribution is -2.24. The van der Waals surface area contributed by atoms with Crippen LogP contribution in [0.25, 0.3) is 0 Å². The number of nitrogens with zero attached hydrogens (tertiary/aromatic N) is 2. The minimum absolute atomic E-state index is 0.289. The van der Waals surface area contributed by atoms with Gasteiger partial charge in [-0.25, -0.2) is 4.98 Å². The average Bonchev–Trinajstić information content (AvgIpc) is 2.28. The molecule has 4 heteroatoms. The fourth-order valence-corrected chi connectivity index (χ4v) is 1.59. The molecule has 1 rings (SSSR count). The van der Waals surface area contributed by atoms with Crippen molar-refractivity contribution in [1.29, 1.82) is 0 Å². The Hall–Kier alpha value is -0.610. The Balaban J connectivity index is 2.43. The number of hydrogen-bond acceptors (Lipinski definition) is 3. The van der Waals surface area contributed by atoms with Crippen LogP contribution in [0.5, 0.6) is 0 Å². The van der Waals surface area contributed by atoms with Crippen LogP contribution in [0.2, 0.25) is 0 Å². The monoisotopic (exact) mass is 286 g/mol. The van der Waals surface area contributed by atoms with Crippen LogP contribution in [-0.2, 0) is 10.1 Å². The Morgan fingerprint density at radius 2 is 2.19 bits per heavy atom. The second kappa shape index (κ2) is 6.86. The number of hydrogen-bond donors (Lipinski definition) is 0. The van der Waals surface area contributed by atoms with Crippen LogP contribution in [0.1, 0.15) is 19.4 Å². The number of rotatable bonds is 6. The van der Waals surface area contributed by atoms with Crippen molar-refractivity contribution >= 4 is 21.7 Å². The van der Waals surface area contributed by atoms with Gasteiger partial charge in [-0.1, -0.05) is 22.0 Å². The summed E-state index contributed by atoms with van der Waals surface area (Å²) < 4.78 is 5.50. The largest absolute Gasteiger partial charge is 0.377 e. The van der Waals surface area contributed by atoms with Gasteiger partial charge in [0.05, 0.1) is 12.7 Å². The SMILES string of the molecule is CC(C)OCCN(C)c1ccc(CBr)cn1. The highest BCUT2D eigenvalue weighted by molar-refractivity contribution is 9.08. The Kier molecular flexibility index (Phi) is 5.77. The second-order valence-corrected chi connectivity index (χ2v) is 4.56. The Morgan fingerprint density at radius 1 is 1.44 bits per heavy atom. The number of likely N-dealkylation sites (N-methyl/N-ethyl adjacent to an activating group) is 1. The van der Waals surface area contributed by atoms with Gasteiger partial charge in [0.1, 0.15) is 5.82 Å². The van der Waals surface area contributed by atoms with E-state index in [-0.39, 0.29) is 6.10 Å². The zero-order chi connectivity index (χ0) is 12.0. The molecule has 0 saturated carbocycles. The molecule has 16 heavy (non-hydrogen) atoms. The maximum atomic E-state index is 5.50. The standard InChI is InChI=1S/C12H19BrN2O/c1-10(2)16-7-6-15(3)12-5-4-11(8-13)9-14-12/h4-5,9-10H,6-8H2,1-3H3. The molecule has 0 amide bonds. The summed E-state index contributed by atoms with van der Waals surface area (Å²) in [6.45, 7) is 5.68. The highest BCUT2D eigenvalue weighted by Crippen LogP contribution is 2.11. The highest BCUT2D eigenvalue weighted by Gasteiger charge is 2.02. The molecule has 0 unspecified atom stereocenters. The summed E-state index contributed by atoms with van der Waals surface area (Å²) in [5.74, 6) is 0.983. The van der Waals surface area contributed by atoms with Gasteiger partial charge in [-0.05, 0) is 25.5 Å². The zero-order valence-electron chi connectivity index (χ0n) is 10.1. The third-order valence-electron chi connectivity index (χ3n) is 2.23. The van der Waals surface area contributed by atoms with E-state index in [2.05, 4.69) is 31.9 Å². The number of anilines is 1. The average molecular weight is 287 g/mol. The van der Waals surface area contributed by atoms with E-state index in [1.807, 2.05) is 33.2 Å². The molecule has 0 spiro atoms. The Labute approximate surface area is 106 Å². The van der Waals surface area contributed by atoms with E-state index in [0.717, 1.165) is 24.3 Å². The summed E-state index contributed by atoms with van der Waals surface area (Å²) in [6, 6.07) is 4.11. The number of alkyl halides is 1. The molecule has 0 atom stereocenters. The molecule has 0 bridgehead atoms. The Morgan fingerprint density at radius 3 is 2.69 bits per heavy atom. The van der Waals surface area contributed by atoms with Crippen LogP contribution in [0.15, 0.2) is 18.3 Å². The first kappa shape index (κ1) is 13.5. The van der Waals surface area contributed by atoms with Crippen molar-refractivity contribution in [3.8, 4) is 0 Å². The van der Waals surface area contributed by atoms with E-state index in [1.165, 1.54) is 5.56 Å². The lowest BCUT2D eigenvalue weighted by molar-refractivity contribution is 0.0845. The van der Waals surface area contributed by atoms with Gasteiger partial charge < -0.3 is 9.64 Å². The molecule has 0 aromatic carbocycles. The van der Waals surface area contributed by atoms with Crippen LogP contribution >= 0.6 is 15.9 Å². The minimum atomic E-state index is 0.289. The van der Waals surface area contributed by atoms with Crippen molar-refractivity contribution in [2.75, 3.05) is 25.1 Å². The summed E-state index contributed by atoms with van der Waals surface area (Å²) in [5.41, 5.74) is 1.19. The molecular weight excluding hydrogens is 268 g/mol. The van der Waals surface area contributed by atoms with E-state index in [9.17, 15) is 0 Å². The van der Waals surface area contributed by atoms with Crippen molar-refractivity contribution in [2.45, 2.75) is 25.3 Å². The maximum Gasteiger partial charge on any atom is 0.128 e. The number of halogens is 1. The topological polar surface area (TPSA) is 25.4 Å². The predicted octanol–water partition coefficient (Wildman–Crippen LogP) is 2.84. The quantitative estimate of drug-likeness (QED) is 0.752. The molecule has 1 aromatic rings. The third kappa shape index (κ3) is 4.49. The molecular formula is C12H19BrN2O. The van der Waals surface area contributed by atoms with E-state index >= 15 is 0 Å². The van der Waals surface area contributed by atoms with Gasteiger partial charge in [-0.2, -0.15) is 0 Å². The molecule has 0 aliphatic carbocycles. The summed E-state index contributed by atoms with van der Waals surface area (Å²) in [6.07, 6.45) is 2.18. The van der Waals surface area contributed by atoms with Crippen molar-refractivity contribution in [3.63, 3.8) is 0 Å². The minimum Gasteiger partial charge on any atom is -0.377 e. The first-order valence-electron chi connectivity index (χ1n) is 5.47. The first-order chi connectivity index (χ1) is 7.63. The van der Waals surface area contributed by atoms with Crippen LogP contribution in [0.4, 0.5) is 5.82 Å². The normalized spacial score (nSPS) is 10.8. The van der Waals surface area contributed by atoms with Gasteiger partial charge >= 0.3 is 0 Å². The van der Waals surface area contributed by atoms with Gasteiger partial charge in [-0.15, -0.1) is 0 Å². The molecule has 0 saturated heterocycles. The predicted molar refractivity (Wildman–Crippen MR) is 71.2 cm³/mol. The first-order valence-corrected chi connectivity index (χ1v) is 6.59.